The molecule has 118 valence electrons. The van der Waals surface area contributed by atoms with Crippen LogP contribution in [0.5, 0.6) is 5.75 Å². The first-order valence-corrected chi connectivity index (χ1v) is 8.40. The van der Waals surface area contributed by atoms with E-state index in [1.54, 1.807) is 0 Å². The number of nitrogens with one attached hydrogen (secondary N) is 1. The number of hydrogen-bond acceptors (Lipinski definition) is 3. The van der Waals surface area contributed by atoms with Crippen molar-refractivity contribution < 1.29 is 9.53 Å². The van der Waals surface area contributed by atoms with Gasteiger partial charge in [0.1, 0.15) is 5.75 Å². The second-order valence-corrected chi connectivity index (χ2v) is 8.24. The van der Waals surface area contributed by atoms with Crippen LogP contribution in [-0.2, 0) is 4.79 Å². The largest absolute Gasteiger partial charge is 0.484 e. The molecule has 0 spiro atoms. The van der Waals surface area contributed by atoms with Gasteiger partial charge in [-0.2, -0.15) is 11.8 Å². The SMILES string of the molecule is CC(C)c1ccc(OCC(=O)NCCSC(C)(C)C)cc1. The van der Waals surface area contributed by atoms with Crippen molar-refractivity contribution in [3.63, 3.8) is 0 Å². The molecule has 0 radical (unpaired) electrons. The van der Waals surface area contributed by atoms with Crippen LogP contribution < -0.4 is 10.1 Å². The lowest BCUT2D eigenvalue weighted by Gasteiger charge is -2.17. The van der Waals surface area contributed by atoms with Crippen LogP contribution in [0, 0.1) is 0 Å². The van der Waals surface area contributed by atoms with Crippen molar-refractivity contribution in [1.29, 1.82) is 0 Å². The summed E-state index contributed by atoms with van der Waals surface area (Å²) in [4.78, 5) is 11.7. The van der Waals surface area contributed by atoms with Crippen molar-refractivity contribution in [3.05, 3.63) is 29.8 Å². The predicted octanol–water partition coefficient (Wildman–Crippen LogP) is 3.84. The number of carbonyl (C=O) groups is 1. The fourth-order valence-corrected chi connectivity index (χ4v) is 2.51. The molecule has 21 heavy (non-hydrogen) atoms. The Bertz CT molecular complexity index is 435. The Morgan fingerprint density at radius 1 is 1.24 bits per heavy atom. The second-order valence-electron chi connectivity index (χ2n) is 6.32. The topological polar surface area (TPSA) is 38.3 Å². The Balaban J connectivity index is 2.23. The molecule has 0 aromatic heterocycles. The molecule has 0 atom stereocenters. The first-order chi connectivity index (χ1) is 9.78. The number of hydrogen-bond donors (Lipinski definition) is 1. The molecule has 0 aliphatic rings. The molecular formula is C17H27NO2S. The highest BCUT2D eigenvalue weighted by Gasteiger charge is 2.10. The lowest BCUT2D eigenvalue weighted by molar-refractivity contribution is -0.122. The van der Waals surface area contributed by atoms with Crippen molar-refractivity contribution in [1.82, 2.24) is 5.32 Å². The third kappa shape index (κ3) is 8.00. The highest BCUT2D eigenvalue weighted by Crippen LogP contribution is 2.22. The summed E-state index contributed by atoms with van der Waals surface area (Å²) in [6.07, 6.45) is 0. The van der Waals surface area contributed by atoms with Crippen molar-refractivity contribution in [3.8, 4) is 5.75 Å². The van der Waals surface area contributed by atoms with Crippen LogP contribution in [-0.4, -0.2) is 29.6 Å². The van der Waals surface area contributed by atoms with Crippen LogP contribution in [0.1, 0.15) is 46.1 Å². The molecule has 0 heterocycles. The average Bonchev–Trinajstić information content (AvgIpc) is 2.41. The van der Waals surface area contributed by atoms with Crippen LogP contribution in [0.3, 0.4) is 0 Å². The minimum Gasteiger partial charge on any atom is -0.484 e. The Morgan fingerprint density at radius 3 is 2.38 bits per heavy atom. The molecular weight excluding hydrogens is 282 g/mol. The van der Waals surface area contributed by atoms with Gasteiger partial charge < -0.3 is 10.1 Å². The van der Waals surface area contributed by atoms with E-state index >= 15 is 0 Å². The van der Waals surface area contributed by atoms with Crippen molar-refractivity contribution >= 4 is 17.7 Å². The standard InChI is InChI=1S/C17H27NO2S/c1-13(2)14-6-8-15(9-7-14)20-12-16(19)18-10-11-21-17(3,4)5/h6-9,13H,10-12H2,1-5H3,(H,18,19). The summed E-state index contributed by atoms with van der Waals surface area (Å²) < 4.78 is 5.72. The van der Waals surface area contributed by atoms with Gasteiger partial charge in [0.25, 0.3) is 5.91 Å². The summed E-state index contributed by atoms with van der Waals surface area (Å²) in [6, 6.07) is 7.91. The average molecular weight is 309 g/mol. The van der Waals surface area contributed by atoms with Crippen LogP contribution in [0.25, 0.3) is 0 Å². The summed E-state index contributed by atoms with van der Waals surface area (Å²) in [6.45, 7) is 11.6. The van der Waals surface area contributed by atoms with Gasteiger partial charge in [-0.25, -0.2) is 0 Å². The molecule has 0 aliphatic heterocycles. The molecule has 1 rings (SSSR count). The monoisotopic (exact) mass is 309 g/mol. The van der Waals surface area contributed by atoms with E-state index in [1.807, 2.05) is 36.0 Å². The number of thioether (sulfide) groups is 1. The normalized spacial score (nSPS) is 11.5. The van der Waals surface area contributed by atoms with Crippen LogP contribution in [0.4, 0.5) is 0 Å². The molecule has 1 aromatic carbocycles. The van der Waals surface area contributed by atoms with Crippen LogP contribution in [0.15, 0.2) is 24.3 Å². The van der Waals surface area contributed by atoms with Gasteiger partial charge in [0.2, 0.25) is 0 Å². The first-order valence-electron chi connectivity index (χ1n) is 7.41. The summed E-state index contributed by atoms with van der Waals surface area (Å²) in [5, 5.41) is 2.87. The fraction of sp³-hybridized carbons (Fsp3) is 0.588. The molecule has 1 aromatic rings. The molecule has 0 unspecified atom stereocenters. The van der Waals surface area contributed by atoms with Gasteiger partial charge in [0.05, 0.1) is 0 Å². The van der Waals surface area contributed by atoms with E-state index in [4.69, 9.17) is 4.74 Å². The van der Waals surface area contributed by atoms with Gasteiger partial charge in [0.15, 0.2) is 6.61 Å². The van der Waals surface area contributed by atoms with E-state index in [9.17, 15) is 4.79 Å². The van der Waals surface area contributed by atoms with Crippen LogP contribution >= 0.6 is 11.8 Å². The van der Waals surface area contributed by atoms with Crippen LogP contribution in [0.2, 0.25) is 0 Å². The highest BCUT2D eigenvalue weighted by atomic mass is 32.2. The van der Waals surface area contributed by atoms with E-state index in [1.165, 1.54) is 5.56 Å². The number of rotatable bonds is 7. The lowest BCUT2D eigenvalue weighted by atomic mass is 10.0. The summed E-state index contributed by atoms with van der Waals surface area (Å²) in [5.74, 6) is 2.08. The Labute approximate surface area is 132 Å². The Kier molecular flexibility index (Phi) is 7.09. The molecule has 0 bridgehead atoms. The van der Waals surface area contributed by atoms with Crippen molar-refractivity contribution in [2.45, 2.75) is 45.3 Å². The zero-order valence-electron chi connectivity index (χ0n) is 13.7. The van der Waals surface area contributed by atoms with Gasteiger partial charge in [-0.1, -0.05) is 46.8 Å². The number of ether oxygens (including phenoxy) is 1. The second kappa shape index (κ2) is 8.32. The fourth-order valence-electron chi connectivity index (χ4n) is 1.70. The predicted molar refractivity (Wildman–Crippen MR) is 91.2 cm³/mol. The number of benzene rings is 1. The molecule has 3 nitrogen and oxygen atoms in total. The minimum atomic E-state index is -0.0718. The van der Waals surface area contributed by atoms with E-state index < -0.39 is 0 Å². The highest BCUT2D eigenvalue weighted by molar-refractivity contribution is 8.00. The van der Waals surface area contributed by atoms with Gasteiger partial charge in [-0.3, -0.25) is 4.79 Å². The first kappa shape index (κ1) is 17.9. The molecule has 1 amide bonds. The van der Waals surface area contributed by atoms with Gasteiger partial charge in [-0.15, -0.1) is 0 Å². The van der Waals surface area contributed by atoms with E-state index in [-0.39, 0.29) is 17.3 Å². The van der Waals surface area contributed by atoms with Gasteiger partial charge in [0, 0.05) is 17.0 Å². The zero-order chi connectivity index (χ0) is 15.9. The minimum absolute atomic E-state index is 0.0706. The molecule has 4 heteroatoms. The quantitative estimate of drug-likeness (QED) is 0.778. The van der Waals surface area contributed by atoms with E-state index in [2.05, 4.69) is 39.9 Å². The van der Waals surface area contributed by atoms with E-state index in [0.29, 0.717) is 12.5 Å². The number of carbonyl (C=O) groups excluding carboxylic acids is 1. The smallest absolute Gasteiger partial charge is 0.257 e. The maximum absolute atomic E-state index is 11.7. The zero-order valence-corrected chi connectivity index (χ0v) is 14.5. The van der Waals surface area contributed by atoms with Crippen molar-refractivity contribution in [2.24, 2.45) is 0 Å². The van der Waals surface area contributed by atoms with Gasteiger partial charge in [-0.05, 0) is 23.6 Å². The molecule has 0 fully saturated rings. The summed E-state index contributed by atoms with van der Waals surface area (Å²) in [7, 11) is 0. The summed E-state index contributed by atoms with van der Waals surface area (Å²) in [5.41, 5.74) is 1.27. The summed E-state index contributed by atoms with van der Waals surface area (Å²) >= 11 is 1.84. The molecule has 0 saturated heterocycles. The number of amides is 1. The Hall–Kier alpha value is -1.16. The van der Waals surface area contributed by atoms with Gasteiger partial charge >= 0.3 is 0 Å². The lowest BCUT2D eigenvalue weighted by Crippen LogP contribution is -2.31. The maximum Gasteiger partial charge on any atom is 0.257 e. The van der Waals surface area contributed by atoms with E-state index in [0.717, 1.165) is 11.5 Å². The third-order valence-electron chi connectivity index (χ3n) is 2.88. The Morgan fingerprint density at radius 2 is 1.86 bits per heavy atom. The maximum atomic E-state index is 11.7. The molecule has 1 N–H and O–H groups in total. The molecule has 0 aliphatic carbocycles. The van der Waals surface area contributed by atoms with Crippen molar-refractivity contribution in [2.75, 3.05) is 18.9 Å². The molecule has 0 saturated carbocycles. The third-order valence-corrected chi connectivity index (χ3v) is 4.15.